The number of urea groups is 1. The van der Waals surface area contributed by atoms with Crippen LogP contribution >= 0.6 is 0 Å². The molecule has 1 aliphatic carbocycles. The fraction of sp³-hybridized carbons (Fsp3) is 0.875. The van der Waals surface area contributed by atoms with Gasteiger partial charge in [-0.1, -0.05) is 25.7 Å². The highest BCUT2D eigenvalue weighted by molar-refractivity contribution is 5.95. The van der Waals surface area contributed by atoms with Gasteiger partial charge in [0.1, 0.15) is 0 Å². The van der Waals surface area contributed by atoms with E-state index in [4.69, 9.17) is 5.73 Å². The molecule has 0 aromatic rings. The van der Waals surface area contributed by atoms with Crippen molar-refractivity contribution in [1.82, 2.24) is 15.5 Å². The molecule has 2 rings (SSSR count). The molecule has 0 spiro atoms. The number of hydrogen-bond donors (Lipinski definition) is 3. The van der Waals surface area contributed by atoms with Crippen molar-refractivity contribution in [2.75, 3.05) is 19.6 Å². The van der Waals surface area contributed by atoms with Crippen molar-refractivity contribution < 1.29 is 9.59 Å². The quantitative estimate of drug-likeness (QED) is 0.715. The van der Waals surface area contributed by atoms with Gasteiger partial charge in [-0.2, -0.15) is 0 Å². The molecule has 126 valence electrons. The molecule has 2 aliphatic rings. The van der Waals surface area contributed by atoms with Crippen molar-refractivity contribution in [3.8, 4) is 0 Å². The number of amides is 3. The van der Waals surface area contributed by atoms with Gasteiger partial charge in [0, 0.05) is 12.1 Å². The average molecular weight is 310 g/mol. The van der Waals surface area contributed by atoms with E-state index in [9.17, 15) is 9.59 Å². The van der Waals surface area contributed by atoms with Gasteiger partial charge in [-0.3, -0.25) is 15.0 Å². The predicted octanol–water partition coefficient (Wildman–Crippen LogP) is 1.35. The summed E-state index contributed by atoms with van der Waals surface area (Å²) < 4.78 is 0. The Morgan fingerprint density at radius 1 is 1.05 bits per heavy atom. The molecule has 1 unspecified atom stereocenters. The minimum absolute atomic E-state index is 0.211. The lowest BCUT2D eigenvalue weighted by Gasteiger charge is -2.35. The minimum atomic E-state index is -0.343. The summed E-state index contributed by atoms with van der Waals surface area (Å²) in [6.07, 6.45) is 9.93. The zero-order chi connectivity index (χ0) is 15.8. The first-order chi connectivity index (χ1) is 10.7. The third-order valence-electron chi connectivity index (χ3n) is 4.79. The summed E-state index contributed by atoms with van der Waals surface area (Å²) in [5.74, 6) is -0.211. The maximum absolute atomic E-state index is 12.1. The van der Waals surface area contributed by atoms with Crippen LogP contribution in [0.2, 0.25) is 0 Å². The van der Waals surface area contributed by atoms with E-state index in [-0.39, 0.29) is 18.0 Å². The summed E-state index contributed by atoms with van der Waals surface area (Å²) in [6.45, 7) is 1.86. The van der Waals surface area contributed by atoms with Gasteiger partial charge in [0.25, 0.3) is 0 Å². The molecule has 2 fully saturated rings. The maximum Gasteiger partial charge on any atom is 0.321 e. The number of carbonyl (C=O) groups is 2. The van der Waals surface area contributed by atoms with Crippen LogP contribution in [0.15, 0.2) is 0 Å². The van der Waals surface area contributed by atoms with Gasteiger partial charge in [0.15, 0.2) is 0 Å². The number of nitrogens with zero attached hydrogens (tertiary/aromatic N) is 1. The molecule has 1 atom stereocenters. The smallest absolute Gasteiger partial charge is 0.321 e. The highest BCUT2D eigenvalue weighted by atomic mass is 16.2. The van der Waals surface area contributed by atoms with Gasteiger partial charge in [0.05, 0.1) is 6.54 Å². The maximum atomic E-state index is 12.1. The third-order valence-corrected chi connectivity index (χ3v) is 4.79. The highest BCUT2D eigenvalue weighted by Crippen LogP contribution is 2.19. The van der Waals surface area contributed by atoms with Crippen LogP contribution in [0, 0.1) is 0 Å². The lowest BCUT2D eigenvalue weighted by atomic mass is 9.96. The van der Waals surface area contributed by atoms with Crippen molar-refractivity contribution in [3.63, 3.8) is 0 Å². The number of imide groups is 1. The summed E-state index contributed by atoms with van der Waals surface area (Å²) in [5.41, 5.74) is 5.65. The fourth-order valence-corrected chi connectivity index (χ4v) is 3.61. The van der Waals surface area contributed by atoms with E-state index in [2.05, 4.69) is 15.5 Å². The van der Waals surface area contributed by atoms with Crippen LogP contribution in [-0.2, 0) is 4.79 Å². The molecule has 6 heteroatoms. The van der Waals surface area contributed by atoms with Crippen molar-refractivity contribution in [2.24, 2.45) is 5.73 Å². The summed E-state index contributed by atoms with van der Waals surface area (Å²) in [6, 6.07) is 0.261. The van der Waals surface area contributed by atoms with E-state index < -0.39 is 0 Å². The Bertz CT molecular complexity index is 367. The SMILES string of the molecule is NCCC1CCCCN1CC(=O)NC(=O)NC1CCCCC1. The molecule has 1 saturated carbocycles. The van der Waals surface area contributed by atoms with E-state index in [1.165, 1.54) is 12.8 Å². The molecule has 0 bridgehead atoms. The zero-order valence-electron chi connectivity index (χ0n) is 13.5. The van der Waals surface area contributed by atoms with Crippen LogP contribution < -0.4 is 16.4 Å². The number of piperidine rings is 1. The lowest BCUT2D eigenvalue weighted by Crippen LogP contribution is -2.50. The Labute approximate surface area is 133 Å². The molecule has 4 N–H and O–H groups in total. The summed E-state index contributed by atoms with van der Waals surface area (Å²) >= 11 is 0. The van der Waals surface area contributed by atoms with Crippen LogP contribution in [0.3, 0.4) is 0 Å². The number of nitrogens with one attached hydrogen (secondary N) is 2. The Morgan fingerprint density at radius 3 is 2.50 bits per heavy atom. The standard InChI is InChI=1S/C16H30N4O2/c17-10-9-14-8-4-5-11-20(14)12-15(21)19-16(22)18-13-6-2-1-3-7-13/h13-14H,1-12,17H2,(H2,18,19,21,22). The second kappa shape index (κ2) is 9.10. The van der Waals surface area contributed by atoms with Crippen LogP contribution in [-0.4, -0.2) is 48.6 Å². The summed E-state index contributed by atoms with van der Waals surface area (Å²) in [7, 11) is 0. The van der Waals surface area contributed by atoms with Crippen molar-refractivity contribution >= 4 is 11.9 Å². The first-order valence-corrected chi connectivity index (χ1v) is 8.73. The number of rotatable bonds is 5. The van der Waals surface area contributed by atoms with Crippen LogP contribution in [0.4, 0.5) is 4.79 Å². The van der Waals surface area contributed by atoms with Crippen molar-refractivity contribution in [3.05, 3.63) is 0 Å². The molecule has 0 radical (unpaired) electrons. The lowest BCUT2D eigenvalue weighted by molar-refractivity contribution is -0.122. The molecule has 1 saturated heterocycles. The van der Waals surface area contributed by atoms with Gasteiger partial charge in [-0.25, -0.2) is 4.79 Å². The number of likely N-dealkylation sites (tertiary alicyclic amines) is 1. The molecule has 1 aliphatic heterocycles. The highest BCUT2D eigenvalue weighted by Gasteiger charge is 2.24. The monoisotopic (exact) mass is 310 g/mol. The second-order valence-electron chi connectivity index (χ2n) is 6.55. The molecule has 0 aromatic carbocycles. The number of hydrogen-bond acceptors (Lipinski definition) is 4. The fourth-order valence-electron chi connectivity index (χ4n) is 3.61. The van der Waals surface area contributed by atoms with E-state index in [1.54, 1.807) is 0 Å². The molecule has 6 nitrogen and oxygen atoms in total. The molecular weight excluding hydrogens is 280 g/mol. The number of carbonyl (C=O) groups excluding carboxylic acids is 2. The van der Waals surface area contributed by atoms with Gasteiger partial charge >= 0.3 is 6.03 Å². The second-order valence-corrected chi connectivity index (χ2v) is 6.55. The molecule has 3 amide bonds. The number of nitrogens with two attached hydrogens (primary N) is 1. The summed E-state index contributed by atoms with van der Waals surface area (Å²) in [5, 5.41) is 5.39. The zero-order valence-corrected chi connectivity index (χ0v) is 13.5. The Balaban J connectivity index is 1.72. The van der Waals surface area contributed by atoms with E-state index in [0.29, 0.717) is 19.1 Å². The van der Waals surface area contributed by atoms with E-state index in [1.807, 2.05) is 0 Å². The predicted molar refractivity (Wildman–Crippen MR) is 86.4 cm³/mol. The van der Waals surface area contributed by atoms with Gasteiger partial charge in [0.2, 0.25) is 5.91 Å². The van der Waals surface area contributed by atoms with Gasteiger partial charge in [-0.05, 0) is 45.2 Å². The normalized spacial score (nSPS) is 24.0. The topological polar surface area (TPSA) is 87.5 Å². The van der Waals surface area contributed by atoms with Crippen LogP contribution in [0.25, 0.3) is 0 Å². The van der Waals surface area contributed by atoms with Crippen molar-refractivity contribution in [1.29, 1.82) is 0 Å². The van der Waals surface area contributed by atoms with Crippen LogP contribution in [0.1, 0.15) is 57.8 Å². The van der Waals surface area contributed by atoms with Gasteiger partial charge < -0.3 is 11.1 Å². The molecular formula is C16H30N4O2. The van der Waals surface area contributed by atoms with Crippen LogP contribution in [0.5, 0.6) is 0 Å². The molecule has 0 aromatic heterocycles. The van der Waals surface area contributed by atoms with Gasteiger partial charge in [-0.15, -0.1) is 0 Å². The Kier molecular flexibility index (Phi) is 7.12. The Morgan fingerprint density at radius 2 is 1.77 bits per heavy atom. The molecule has 1 heterocycles. The molecule has 22 heavy (non-hydrogen) atoms. The van der Waals surface area contributed by atoms with Crippen molar-refractivity contribution in [2.45, 2.75) is 69.9 Å². The minimum Gasteiger partial charge on any atom is -0.335 e. The average Bonchev–Trinajstić information content (AvgIpc) is 2.50. The summed E-state index contributed by atoms with van der Waals surface area (Å²) in [4.78, 5) is 26.1. The first-order valence-electron chi connectivity index (χ1n) is 8.73. The first kappa shape index (κ1) is 17.2. The van der Waals surface area contributed by atoms with E-state index in [0.717, 1.165) is 51.5 Å². The third kappa shape index (κ3) is 5.57. The Hall–Kier alpha value is -1.14. The largest absolute Gasteiger partial charge is 0.335 e. The van der Waals surface area contributed by atoms with E-state index >= 15 is 0 Å².